The molecule has 0 fully saturated rings. The lowest BCUT2D eigenvalue weighted by molar-refractivity contribution is -0.00448. The van der Waals surface area contributed by atoms with Gasteiger partial charge >= 0.3 is 0 Å². The van der Waals surface area contributed by atoms with Gasteiger partial charge in [-0.05, 0) is 27.8 Å². The van der Waals surface area contributed by atoms with Crippen molar-refractivity contribution < 1.29 is 4.74 Å². The molecule has 1 aromatic heterocycles. The van der Waals surface area contributed by atoms with E-state index < -0.39 is 0 Å². The smallest absolute Gasteiger partial charge is 0.0827 e. The summed E-state index contributed by atoms with van der Waals surface area (Å²) in [6.45, 7) is 9.40. The maximum atomic E-state index is 6.40. The van der Waals surface area contributed by atoms with Crippen LogP contribution in [0.1, 0.15) is 45.9 Å². The third-order valence-electron chi connectivity index (χ3n) is 3.02. The first-order valence-corrected chi connectivity index (χ1v) is 7.11. The summed E-state index contributed by atoms with van der Waals surface area (Å²) in [5.41, 5.74) is 7.39. The molecule has 1 rings (SSSR count). The molecule has 18 heavy (non-hydrogen) atoms. The van der Waals surface area contributed by atoms with Gasteiger partial charge in [-0.15, -0.1) is 0 Å². The summed E-state index contributed by atoms with van der Waals surface area (Å²) >= 11 is 3.53. The van der Waals surface area contributed by atoms with Gasteiger partial charge in [0.1, 0.15) is 0 Å². The molecule has 4 nitrogen and oxygen atoms in total. The molecule has 0 saturated heterocycles. The molecule has 0 aliphatic carbocycles. The van der Waals surface area contributed by atoms with Gasteiger partial charge in [-0.1, -0.05) is 27.7 Å². The fourth-order valence-corrected chi connectivity index (χ4v) is 2.84. The van der Waals surface area contributed by atoms with Gasteiger partial charge in [0.15, 0.2) is 0 Å². The molecule has 0 spiro atoms. The number of hydrogen-bond donors (Lipinski definition) is 1. The largest absolute Gasteiger partial charge is 0.379 e. The van der Waals surface area contributed by atoms with Crippen LogP contribution in [0, 0.1) is 5.41 Å². The van der Waals surface area contributed by atoms with Crippen LogP contribution in [0.15, 0.2) is 10.7 Å². The lowest BCUT2D eigenvalue weighted by Crippen LogP contribution is -2.39. The van der Waals surface area contributed by atoms with E-state index in [1.54, 1.807) is 13.3 Å². The van der Waals surface area contributed by atoms with Gasteiger partial charge < -0.3 is 10.5 Å². The highest BCUT2D eigenvalue weighted by Crippen LogP contribution is 2.33. The molecule has 2 N–H and O–H groups in total. The predicted octanol–water partition coefficient (Wildman–Crippen LogP) is 3.12. The second-order valence-corrected chi connectivity index (χ2v) is 6.50. The number of aryl methyl sites for hydroxylation is 1. The van der Waals surface area contributed by atoms with Crippen LogP contribution in [0.2, 0.25) is 0 Å². The number of rotatable bonds is 5. The van der Waals surface area contributed by atoms with Crippen molar-refractivity contribution in [3.05, 3.63) is 16.4 Å². The van der Waals surface area contributed by atoms with Gasteiger partial charge in [0, 0.05) is 13.7 Å². The average molecular weight is 318 g/mol. The van der Waals surface area contributed by atoms with Crippen LogP contribution in [0.4, 0.5) is 0 Å². The molecule has 1 heterocycles. The van der Waals surface area contributed by atoms with Gasteiger partial charge in [-0.3, -0.25) is 4.68 Å². The predicted molar refractivity (Wildman–Crippen MR) is 77.4 cm³/mol. The van der Waals surface area contributed by atoms with Crippen molar-refractivity contribution in [1.82, 2.24) is 9.78 Å². The van der Waals surface area contributed by atoms with Gasteiger partial charge in [0.2, 0.25) is 0 Å². The summed E-state index contributed by atoms with van der Waals surface area (Å²) in [7, 11) is 1.71. The average Bonchev–Trinajstić information content (AvgIpc) is 2.59. The lowest BCUT2D eigenvalue weighted by Gasteiger charge is -2.34. The standard InChI is InChI=1S/C13H24BrN3O/c1-6-7-17-11(9(14)8-16-17)10(15)12(18-5)13(2,3)4/h8,10,12H,6-7,15H2,1-5H3. The fraction of sp³-hybridized carbons (Fsp3) is 0.769. The normalized spacial score (nSPS) is 15.7. The Morgan fingerprint density at radius 3 is 2.56 bits per heavy atom. The first kappa shape index (κ1) is 15.7. The van der Waals surface area contributed by atoms with Crippen LogP contribution < -0.4 is 5.73 Å². The molecule has 0 amide bonds. The zero-order valence-electron chi connectivity index (χ0n) is 11.9. The van der Waals surface area contributed by atoms with Crippen molar-refractivity contribution in [3.63, 3.8) is 0 Å². The monoisotopic (exact) mass is 317 g/mol. The molecule has 2 atom stereocenters. The summed E-state index contributed by atoms with van der Waals surface area (Å²) in [6.07, 6.45) is 2.78. The molecule has 0 radical (unpaired) electrons. The maximum Gasteiger partial charge on any atom is 0.0827 e. The Morgan fingerprint density at radius 2 is 2.11 bits per heavy atom. The van der Waals surface area contributed by atoms with E-state index in [1.165, 1.54) is 0 Å². The van der Waals surface area contributed by atoms with Gasteiger partial charge in [0.25, 0.3) is 0 Å². The minimum Gasteiger partial charge on any atom is -0.379 e. The number of ether oxygens (including phenoxy) is 1. The maximum absolute atomic E-state index is 6.40. The molecule has 0 aliphatic heterocycles. The second-order valence-electron chi connectivity index (χ2n) is 5.65. The lowest BCUT2D eigenvalue weighted by atomic mass is 9.83. The van der Waals surface area contributed by atoms with E-state index in [0.717, 1.165) is 23.1 Å². The summed E-state index contributed by atoms with van der Waals surface area (Å²) < 4.78 is 8.52. The molecule has 1 aromatic rings. The number of nitrogens with two attached hydrogens (primary N) is 1. The third kappa shape index (κ3) is 3.33. The Balaban J connectivity index is 3.08. The number of hydrogen-bond acceptors (Lipinski definition) is 3. The van der Waals surface area contributed by atoms with Crippen LogP contribution in [-0.4, -0.2) is 23.0 Å². The van der Waals surface area contributed by atoms with Gasteiger partial charge in [0.05, 0.1) is 28.5 Å². The van der Waals surface area contributed by atoms with Crippen molar-refractivity contribution >= 4 is 15.9 Å². The SMILES string of the molecule is CCCn1ncc(Br)c1C(N)C(OC)C(C)(C)C. The van der Waals surface area contributed by atoms with E-state index in [1.807, 2.05) is 4.68 Å². The Labute approximate surface area is 118 Å². The van der Waals surface area contributed by atoms with Crippen molar-refractivity contribution in [2.75, 3.05) is 7.11 Å². The fourth-order valence-electron chi connectivity index (χ4n) is 2.28. The molecule has 0 aliphatic rings. The van der Waals surface area contributed by atoms with E-state index >= 15 is 0 Å². The molecule has 0 saturated carbocycles. The summed E-state index contributed by atoms with van der Waals surface area (Å²) in [5, 5.41) is 4.36. The molecular formula is C13H24BrN3O. The molecule has 104 valence electrons. The molecule has 0 bridgehead atoms. The Morgan fingerprint density at radius 1 is 1.50 bits per heavy atom. The Hall–Kier alpha value is -0.390. The van der Waals surface area contributed by atoms with Crippen molar-refractivity contribution in [3.8, 4) is 0 Å². The van der Waals surface area contributed by atoms with E-state index in [2.05, 4.69) is 48.7 Å². The van der Waals surface area contributed by atoms with Gasteiger partial charge in [-0.25, -0.2) is 0 Å². The number of aromatic nitrogens is 2. The molecule has 2 unspecified atom stereocenters. The van der Waals surface area contributed by atoms with Crippen LogP contribution in [-0.2, 0) is 11.3 Å². The second kappa shape index (κ2) is 6.17. The van der Waals surface area contributed by atoms with Crippen molar-refractivity contribution in [2.45, 2.75) is 52.8 Å². The van der Waals surface area contributed by atoms with E-state index in [-0.39, 0.29) is 17.6 Å². The van der Waals surface area contributed by atoms with Gasteiger partial charge in [-0.2, -0.15) is 5.10 Å². The highest BCUT2D eigenvalue weighted by molar-refractivity contribution is 9.10. The first-order chi connectivity index (χ1) is 8.32. The first-order valence-electron chi connectivity index (χ1n) is 6.32. The summed E-state index contributed by atoms with van der Waals surface area (Å²) in [6, 6.07) is -0.196. The van der Waals surface area contributed by atoms with Crippen molar-refractivity contribution in [1.29, 1.82) is 0 Å². The molecule has 0 aromatic carbocycles. The van der Waals surface area contributed by atoms with Crippen molar-refractivity contribution in [2.24, 2.45) is 11.1 Å². The third-order valence-corrected chi connectivity index (χ3v) is 3.63. The quantitative estimate of drug-likeness (QED) is 0.907. The summed E-state index contributed by atoms with van der Waals surface area (Å²) in [5.74, 6) is 0. The zero-order valence-corrected chi connectivity index (χ0v) is 13.5. The topological polar surface area (TPSA) is 53.1 Å². The minimum absolute atomic E-state index is 0.0189. The zero-order chi connectivity index (χ0) is 13.9. The number of nitrogens with zero attached hydrogens (tertiary/aromatic N) is 2. The van der Waals surface area contributed by atoms with Crippen LogP contribution in [0.25, 0.3) is 0 Å². The Bertz CT molecular complexity index is 384. The number of methoxy groups -OCH3 is 1. The number of halogens is 1. The van der Waals surface area contributed by atoms with E-state index in [9.17, 15) is 0 Å². The van der Waals surface area contributed by atoms with E-state index in [0.29, 0.717) is 0 Å². The minimum atomic E-state index is -0.196. The summed E-state index contributed by atoms with van der Waals surface area (Å²) in [4.78, 5) is 0. The van der Waals surface area contributed by atoms with E-state index in [4.69, 9.17) is 10.5 Å². The van der Waals surface area contributed by atoms with Crippen LogP contribution >= 0.6 is 15.9 Å². The highest BCUT2D eigenvalue weighted by Gasteiger charge is 2.34. The highest BCUT2D eigenvalue weighted by atomic mass is 79.9. The molecular weight excluding hydrogens is 294 g/mol. The van der Waals surface area contributed by atoms with Crippen LogP contribution in [0.5, 0.6) is 0 Å². The molecule has 5 heteroatoms. The Kier molecular flexibility index (Phi) is 5.37. The van der Waals surface area contributed by atoms with Crippen LogP contribution in [0.3, 0.4) is 0 Å².